The number of carbonyl (C=O) groups is 1. The van der Waals surface area contributed by atoms with E-state index >= 15 is 0 Å². The Morgan fingerprint density at radius 3 is 2.40 bits per heavy atom. The molecule has 0 aliphatic carbocycles. The lowest BCUT2D eigenvalue weighted by Crippen LogP contribution is -1.93. The number of para-hydroxylation sites is 1. The Hall–Kier alpha value is -1.77. The molecule has 0 amide bonds. The minimum atomic E-state index is 0.0631. The van der Waals surface area contributed by atoms with Gasteiger partial charge < -0.3 is 9.67 Å². The molecule has 80 valence electrons. The maximum atomic E-state index is 10.6. The molecule has 0 radical (unpaired) electrons. The molecule has 0 aliphatic heterocycles. The molecular formula is C12H15NO2. The Morgan fingerprint density at radius 1 is 1.27 bits per heavy atom. The maximum Gasteiger partial charge on any atom is 0.170 e. The van der Waals surface area contributed by atoms with Crippen molar-refractivity contribution < 1.29 is 9.90 Å². The second kappa shape index (κ2) is 4.64. The zero-order valence-corrected chi connectivity index (χ0v) is 9.19. The van der Waals surface area contributed by atoms with Gasteiger partial charge in [-0.1, -0.05) is 26.0 Å². The van der Waals surface area contributed by atoms with E-state index in [4.69, 9.17) is 0 Å². The van der Waals surface area contributed by atoms with E-state index in [0.29, 0.717) is 17.4 Å². The molecule has 1 aromatic heterocycles. The van der Waals surface area contributed by atoms with Gasteiger partial charge in [-0.05, 0) is 12.1 Å². The Bertz CT molecular complexity index is 433. The van der Waals surface area contributed by atoms with Gasteiger partial charge in [0.2, 0.25) is 0 Å². The fourth-order valence-electron chi connectivity index (χ4n) is 1.53. The van der Waals surface area contributed by atoms with Crippen LogP contribution in [-0.4, -0.2) is 16.0 Å². The van der Waals surface area contributed by atoms with E-state index < -0.39 is 0 Å². The zero-order valence-electron chi connectivity index (χ0n) is 9.19. The van der Waals surface area contributed by atoms with Crippen molar-refractivity contribution in [3.8, 4) is 5.75 Å². The lowest BCUT2D eigenvalue weighted by molar-refractivity contribution is 0.111. The van der Waals surface area contributed by atoms with Crippen LogP contribution in [-0.2, 0) is 7.05 Å². The largest absolute Gasteiger partial charge is 0.505 e. The van der Waals surface area contributed by atoms with E-state index in [9.17, 15) is 9.90 Å². The molecule has 15 heavy (non-hydrogen) atoms. The number of hydrogen-bond acceptors (Lipinski definition) is 2. The van der Waals surface area contributed by atoms with Crippen molar-refractivity contribution in [2.45, 2.75) is 13.8 Å². The first-order chi connectivity index (χ1) is 7.25. The minimum absolute atomic E-state index is 0.0631. The number of aromatic hydroxyl groups is 1. The van der Waals surface area contributed by atoms with Crippen LogP contribution in [0.3, 0.4) is 0 Å². The first-order valence-corrected chi connectivity index (χ1v) is 4.97. The van der Waals surface area contributed by atoms with Gasteiger partial charge in [0.1, 0.15) is 5.69 Å². The standard InChI is InChI=1S/C10H9NO2.C2H6/c1-11-8-5-3-2-4-7(8)10(13)9(11)6-12;1-2/h2-6,13H,1H3;1-2H3. The molecule has 0 spiro atoms. The van der Waals surface area contributed by atoms with Gasteiger partial charge in [0.15, 0.2) is 12.0 Å². The number of fused-ring (bicyclic) bond motifs is 1. The quantitative estimate of drug-likeness (QED) is 0.727. The molecule has 3 nitrogen and oxygen atoms in total. The highest BCUT2D eigenvalue weighted by Gasteiger charge is 2.11. The molecule has 1 heterocycles. The predicted octanol–water partition coefficient (Wildman–Crippen LogP) is 2.72. The van der Waals surface area contributed by atoms with E-state index in [1.807, 2.05) is 32.0 Å². The van der Waals surface area contributed by atoms with Crippen LogP contribution in [0.2, 0.25) is 0 Å². The van der Waals surface area contributed by atoms with Crippen molar-refractivity contribution in [1.82, 2.24) is 4.57 Å². The molecule has 3 heteroatoms. The van der Waals surface area contributed by atoms with Crippen LogP contribution in [0.5, 0.6) is 5.75 Å². The van der Waals surface area contributed by atoms with Crippen LogP contribution in [0.4, 0.5) is 0 Å². The fraction of sp³-hybridized carbons (Fsp3) is 0.250. The van der Waals surface area contributed by atoms with Gasteiger partial charge >= 0.3 is 0 Å². The number of nitrogens with zero attached hydrogens (tertiary/aromatic N) is 1. The van der Waals surface area contributed by atoms with Gasteiger partial charge in [-0.25, -0.2) is 0 Å². The van der Waals surface area contributed by atoms with Gasteiger partial charge in [-0.15, -0.1) is 0 Å². The first kappa shape index (κ1) is 11.3. The summed E-state index contributed by atoms with van der Waals surface area (Å²) in [6.07, 6.45) is 0.662. The maximum absolute atomic E-state index is 10.6. The molecule has 0 saturated heterocycles. The highest BCUT2D eigenvalue weighted by Crippen LogP contribution is 2.29. The Kier molecular flexibility index (Phi) is 3.50. The van der Waals surface area contributed by atoms with Crippen molar-refractivity contribution in [2.75, 3.05) is 0 Å². The Morgan fingerprint density at radius 2 is 1.87 bits per heavy atom. The number of aromatic nitrogens is 1. The zero-order chi connectivity index (χ0) is 11.4. The molecular weight excluding hydrogens is 190 g/mol. The monoisotopic (exact) mass is 205 g/mol. The molecule has 0 bridgehead atoms. The topological polar surface area (TPSA) is 42.2 Å². The van der Waals surface area contributed by atoms with E-state index in [2.05, 4.69) is 0 Å². The number of hydrogen-bond donors (Lipinski definition) is 1. The smallest absolute Gasteiger partial charge is 0.170 e. The van der Waals surface area contributed by atoms with Crippen molar-refractivity contribution in [3.63, 3.8) is 0 Å². The molecule has 1 N–H and O–H groups in total. The molecule has 0 aliphatic rings. The summed E-state index contributed by atoms with van der Waals surface area (Å²) in [7, 11) is 1.76. The van der Waals surface area contributed by atoms with Crippen molar-refractivity contribution >= 4 is 17.2 Å². The van der Waals surface area contributed by atoms with Gasteiger partial charge in [-0.2, -0.15) is 0 Å². The second-order valence-corrected chi connectivity index (χ2v) is 2.93. The van der Waals surface area contributed by atoms with Crippen LogP contribution < -0.4 is 0 Å². The lowest BCUT2D eigenvalue weighted by Gasteiger charge is -1.95. The molecule has 0 saturated carbocycles. The Balaban J connectivity index is 0.000000531. The molecule has 2 rings (SSSR count). The van der Waals surface area contributed by atoms with Crippen LogP contribution in [0.1, 0.15) is 24.3 Å². The van der Waals surface area contributed by atoms with E-state index in [-0.39, 0.29) is 5.75 Å². The van der Waals surface area contributed by atoms with Gasteiger partial charge in [0.05, 0.1) is 5.52 Å². The van der Waals surface area contributed by atoms with Gasteiger partial charge in [0, 0.05) is 12.4 Å². The summed E-state index contributed by atoms with van der Waals surface area (Å²) >= 11 is 0. The fourth-order valence-corrected chi connectivity index (χ4v) is 1.53. The number of rotatable bonds is 1. The summed E-state index contributed by atoms with van der Waals surface area (Å²) in [6, 6.07) is 7.35. The SMILES string of the molecule is CC.Cn1c(C=O)c(O)c2ccccc21. The van der Waals surface area contributed by atoms with E-state index in [1.165, 1.54) is 0 Å². The average molecular weight is 205 g/mol. The normalized spacial score (nSPS) is 9.53. The summed E-state index contributed by atoms with van der Waals surface area (Å²) in [5, 5.41) is 10.3. The van der Waals surface area contributed by atoms with E-state index in [1.54, 1.807) is 17.7 Å². The molecule has 0 unspecified atom stereocenters. The van der Waals surface area contributed by atoms with Crippen molar-refractivity contribution in [2.24, 2.45) is 7.05 Å². The van der Waals surface area contributed by atoms with Crippen LogP contribution >= 0.6 is 0 Å². The third-order valence-corrected chi connectivity index (χ3v) is 2.24. The Labute approximate surface area is 89.0 Å². The molecule has 2 aromatic rings. The summed E-state index contributed by atoms with van der Waals surface area (Å²) in [5.74, 6) is 0.0631. The second-order valence-electron chi connectivity index (χ2n) is 2.93. The first-order valence-electron chi connectivity index (χ1n) is 4.97. The van der Waals surface area contributed by atoms with Crippen LogP contribution in [0.25, 0.3) is 10.9 Å². The summed E-state index contributed by atoms with van der Waals surface area (Å²) in [4.78, 5) is 10.6. The molecule has 1 aromatic carbocycles. The van der Waals surface area contributed by atoms with Gasteiger partial charge in [0.25, 0.3) is 0 Å². The number of carbonyl (C=O) groups excluding carboxylic acids is 1. The molecule has 0 atom stereocenters. The van der Waals surface area contributed by atoms with Crippen LogP contribution in [0.15, 0.2) is 24.3 Å². The summed E-state index contributed by atoms with van der Waals surface area (Å²) < 4.78 is 1.68. The summed E-state index contributed by atoms with van der Waals surface area (Å²) in [6.45, 7) is 4.00. The van der Waals surface area contributed by atoms with Crippen molar-refractivity contribution in [1.29, 1.82) is 0 Å². The van der Waals surface area contributed by atoms with E-state index in [0.717, 1.165) is 5.52 Å². The number of aryl methyl sites for hydroxylation is 1. The predicted molar refractivity (Wildman–Crippen MR) is 61.3 cm³/mol. The third-order valence-electron chi connectivity index (χ3n) is 2.24. The van der Waals surface area contributed by atoms with Crippen LogP contribution in [0, 0.1) is 0 Å². The number of aldehydes is 1. The lowest BCUT2D eigenvalue weighted by atomic mass is 10.2. The van der Waals surface area contributed by atoms with Gasteiger partial charge in [-0.3, -0.25) is 4.79 Å². The number of benzene rings is 1. The average Bonchev–Trinajstić information content (AvgIpc) is 2.55. The minimum Gasteiger partial charge on any atom is -0.505 e. The molecule has 0 fully saturated rings. The van der Waals surface area contributed by atoms with Crippen molar-refractivity contribution in [3.05, 3.63) is 30.0 Å². The third kappa shape index (κ3) is 1.73. The highest BCUT2D eigenvalue weighted by atomic mass is 16.3. The highest BCUT2D eigenvalue weighted by molar-refractivity contribution is 5.95. The summed E-state index contributed by atoms with van der Waals surface area (Å²) in [5.41, 5.74) is 1.18.